The number of amides is 1. The maximum absolute atomic E-state index is 13.6. The van der Waals surface area contributed by atoms with Gasteiger partial charge >= 0.3 is 5.30 Å². The summed E-state index contributed by atoms with van der Waals surface area (Å²) in [5.41, 5.74) is 7.94. The van der Waals surface area contributed by atoms with Gasteiger partial charge in [0.25, 0.3) is 0 Å². The highest BCUT2D eigenvalue weighted by Crippen LogP contribution is 2.68. The molecule has 3 atom stereocenters. The van der Waals surface area contributed by atoms with Crippen LogP contribution < -0.4 is 10.5 Å². The van der Waals surface area contributed by atoms with Gasteiger partial charge < -0.3 is 20.5 Å². The third kappa shape index (κ3) is 6.56. The van der Waals surface area contributed by atoms with Crippen molar-refractivity contribution in [3.05, 3.63) is 29.3 Å². The van der Waals surface area contributed by atoms with Crippen molar-refractivity contribution >= 4 is 21.2 Å². The molecule has 0 saturated carbocycles. The van der Waals surface area contributed by atoms with Crippen LogP contribution in [0.5, 0.6) is 5.75 Å². The molecule has 0 radical (unpaired) electrons. The van der Waals surface area contributed by atoms with E-state index in [-0.39, 0.29) is 16.5 Å². The lowest BCUT2D eigenvalue weighted by atomic mass is 10.1. The van der Waals surface area contributed by atoms with E-state index in [1.807, 2.05) is 17.2 Å². The fraction of sp³-hybridized carbons (Fsp3) is 0.714. The highest BCUT2D eigenvalue weighted by atomic mass is 32.3. The van der Waals surface area contributed by atoms with Crippen LogP contribution in [0.1, 0.15) is 81.6 Å². The third-order valence-electron chi connectivity index (χ3n) is 7.83. The second-order valence-corrected chi connectivity index (χ2v) is 13.9. The molecule has 0 spiro atoms. The normalized spacial score (nSPS) is 25.2. The van der Waals surface area contributed by atoms with E-state index in [4.69, 9.17) is 10.5 Å². The largest absolute Gasteiger partial charge is 0.493 e. The van der Waals surface area contributed by atoms with Gasteiger partial charge in [-0.25, -0.2) is 4.79 Å². The van der Waals surface area contributed by atoms with Gasteiger partial charge in [0.1, 0.15) is 5.75 Å². The van der Waals surface area contributed by atoms with Crippen molar-refractivity contribution in [2.45, 2.75) is 82.3 Å². The first kappa shape index (κ1) is 28.8. The van der Waals surface area contributed by atoms with Crippen LogP contribution in [0.4, 0.5) is 4.79 Å². The number of nitrogens with two attached hydrogens (primary N) is 1. The molecule has 0 bridgehead atoms. The van der Waals surface area contributed by atoms with E-state index < -0.39 is 15.3 Å². The van der Waals surface area contributed by atoms with Crippen molar-refractivity contribution in [1.82, 2.24) is 9.80 Å². The van der Waals surface area contributed by atoms with Crippen molar-refractivity contribution < 1.29 is 19.4 Å². The molecule has 2 aliphatic heterocycles. The molecule has 1 fully saturated rings. The third-order valence-corrected chi connectivity index (χ3v) is 11.9. The monoisotopic (exact) mass is 521 g/mol. The molecule has 1 amide bonds. The number of carboxylic acid groups (broad SMARTS) is 1. The van der Waals surface area contributed by atoms with Crippen LogP contribution >= 0.6 is 10.0 Å². The smallest absolute Gasteiger partial charge is 0.348 e. The number of carbonyl (C=O) groups is 2. The average Bonchev–Trinajstić information content (AvgIpc) is 3.44. The van der Waals surface area contributed by atoms with Gasteiger partial charge in [0.2, 0.25) is 5.91 Å². The van der Waals surface area contributed by atoms with Gasteiger partial charge in [-0.05, 0) is 55.7 Å². The van der Waals surface area contributed by atoms with Crippen molar-refractivity contribution in [2.24, 2.45) is 5.73 Å². The van der Waals surface area contributed by atoms with Crippen molar-refractivity contribution in [1.29, 1.82) is 0 Å². The van der Waals surface area contributed by atoms with Gasteiger partial charge in [0.05, 0.1) is 18.5 Å². The van der Waals surface area contributed by atoms with Crippen LogP contribution in [0.15, 0.2) is 18.2 Å². The number of hydrogen-bond donors (Lipinski definition) is 2. The summed E-state index contributed by atoms with van der Waals surface area (Å²) in [4.78, 5) is 30.7. The van der Waals surface area contributed by atoms with Crippen molar-refractivity contribution in [3.63, 3.8) is 0 Å². The SMILES string of the molecule is CCCCCC1N(CC(=O)N(CCCC)CCCCN)CC(c2ccc3c(c2)CCO3)S1(C)C(=O)O. The molecular weight excluding hydrogens is 474 g/mol. The predicted octanol–water partition coefficient (Wildman–Crippen LogP) is 5.36. The highest BCUT2D eigenvalue weighted by molar-refractivity contribution is 8.45. The van der Waals surface area contributed by atoms with E-state index in [2.05, 4.69) is 30.9 Å². The van der Waals surface area contributed by atoms with Crippen molar-refractivity contribution in [2.75, 3.05) is 45.6 Å². The van der Waals surface area contributed by atoms with Gasteiger partial charge in [-0.15, -0.1) is 10.0 Å². The topological polar surface area (TPSA) is 96.1 Å². The molecule has 1 aromatic rings. The lowest BCUT2D eigenvalue weighted by molar-refractivity contribution is -0.132. The second kappa shape index (κ2) is 13.7. The number of fused-ring (bicyclic) bond motifs is 1. The van der Waals surface area contributed by atoms with Gasteiger partial charge in [-0.3, -0.25) is 9.69 Å². The summed E-state index contributed by atoms with van der Waals surface area (Å²) in [7, 11) is -2.10. The number of nitrogens with zero attached hydrogens (tertiary/aromatic N) is 2. The van der Waals surface area contributed by atoms with E-state index >= 15 is 0 Å². The first-order valence-electron chi connectivity index (χ1n) is 13.8. The Labute approximate surface area is 219 Å². The van der Waals surface area contributed by atoms with Crippen LogP contribution in [-0.4, -0.2) is 77.1 Å². The minimum absolute atomic E-state index is 0.0957. The van der Waals surface area contributed by atoms with Gasteiger partial charge in [0, 0.05) is 31.3 Å². The lowest BCUT2D eigenvalue weighted by Gasteiger charge is -2.39. The van der Waals surface area contributed by atoms with E-state index in [1.54, 1.807) is 0 Å². The van der Waals surface area contributed by atoms with Crippen LogP contribution in [0.25, 0.3) is 0 Å². The molecule has 3 unspecified atom stereocenters. The van der Waals surface area contributed by atoms with E-state index in [0.717, 1.165) is 82.2 Å². The quantitative estimate of drug-likeness (QED) is 0.320. The Bertz CT molecular complexity index is 882. The van der Waals surface area contributed by atoms with E-state index in [1.165, 1.54) is 5.56 Å². The second-order valence-electron chi connectivity index (χ2n) is 10.4. The number of benzene rings is 1. The molecule has 8 heteroatoms. The van der Waals surface area contributed by atoms with Gasteiger partial charge in [-0.2, -0.15) is 0 Å². The molecule has 1 aromatic carbocycles. The summed E-state index contributed by atoms with van der Waals surface area (Å²) >= 11 is 0. The molecule has 7 nitrogen and oxygen atoms in total. The average molecular weight is 522 g/mol. The van der Waals surface area contributed by atoms with Crippen LogP contribution in [0.2, 0.25) is 0 Å². The zero-order valence-corrected chi connectivity index (χ0v) is 23.4. The molecule has 2 aliphatic rings. The Balaban J connectivity index is 1.87. The highest BCUT2D eigenvalue weighted by Gasteiger charge is 2.52. The lowest BCUT2D eigenvalue weighted by Crippen LogP contribution is -2.44. The number of hydrogen-bond acceptors (Lipinski definition) is 5. The Morgan fingerprint density at radius 1 is 1.14 bits per heavy atom. The fourth-order valence-electron chi connectivity index (χ4n) is 5.61. The first-order chi connectivity index (χ1) is 17.4. The molecule has 3 rings (SSSR count). The Hall–Kier alpha value is -1.77. The molecule has 204 valence electrons. The van der Waals surface area contributed by atoms with E-state index in [0.29, 0.717) is 26.2 Å². The van der Waals surface area contributed by atoms with Gasteiger partial charge in [-0.1, -0.05) is 51.7 Å². The summed E-state index contributed by atoms with van der Waals surface area (Å²) in [6, 6.07) is 6.22. The maximum Gasteiger partial charge on any atom is 0.348 e. The Morgan fingerprint density at radius 3 is 2.58 bits per heavy atom. The molecule has 1 saturated heterocycles. The maximum atomic E-state index is 13.6. The van der Waals surface area contributed by atoms with Crippen LogP contribution in [0.3, 0.4) is 0 Å². The molecule has 36 heavy (non-hydrogen) atoms. The zero-order chi connectivity index (χ0) is 26.1. The summed E-state index contributed by atoms with van der Waals surface area (Å²) in [6.07, 6.45) is 10.7. The Kier molecular flexibility index (Phi) is 10.9. The molecule has 3 N–H and O–H groups in total. The Morgan fingerprint density at radius 2 is 1.89 bits per heavy atom. The standard InChI is InChI=1S/C28H47N3O4S/c1-4-6-8-11-27-31(21-26(32)30(16-7-5-2)17-10-9-15-29)20-25(36(27,3)28(33)34)23-12-13-24-22(19-23)14-18-35-24/h12-13,19,25,27H,4-11,14-18,20-21,29H2,1-3H3,(H,33,34). The molecule has 0 aliphatic carbocycles. The minimum atomic E-state index is -2.10. The summed E-state index contributed by atoms with van der Waals surface area (Å²) in [5.74, 6) is 1.04. The molecule has 2 heterocycles. The van der Waals surface area contributed by atoms with Crippen LogP contribution in [-0.2, 0) is 11.2 Å². The van der Waals surface area contributed by atoms with Crippen LogP contribution in [0, 0.1) is 0 Å². The van der Waals surface area contributed by atoms with E-state index in [9.17, 15) is 14.7 Å². The zero-order valence-electron chi connectivity index (χ0n) is 22.5. The van der Waals surface area contributed by atoms with Crippen molar-refractivity contribution in [3.8, 4) is 5.75 Å². The summed E-state index contributed by atoms with van der Waals surface area (Å²) in [6.45, 7) is 8.02. The number of rotatable bonds is 14. The number of carbonyl (C=O) groups excluding carboxylic acids is 1. The minimum Gasteiger partial charge on any atom is -0.493 e. The summed E-state index contributed by atoms with van der Waals surface area (Å²) < 4.78 is 5.70. The first-order valence-corrected chi connectivity index (χ1v) is 16.0. The molecule has 0 aromatic heterocycles. The predicted molar refractivity (Wildman–Crippen MR) is 149 cm³/mol. The summed E-state index contributed by atoms with van der Waals surface area (Å²) in [5, 5.41) is 9.74. The number of ether oxygens (including phenoxy) is 1. The van der Waals surface area contributed by atoms with Gasteiger partial charge in [0.15, 0.2) is 0 Å². The molecular formula is C28H47N3O4S. The number of unbranched alkanes of at least 4 members (excludes halogenated alkanes) is 4. The fourth-order valence-corrected chi connectivity index (χ4v) is 9.12.